The van der Waals surface area contributed by atoms with E-state index in [1.54, 1.807) is 7.11 Å². The number of benzene rings is 2. The topological polar surface area (TPSA) is 41.5 Å². The highest BCUT2D eigenvalue weighted by Crippen LogP contribution is 2.26. The van der Waals surface area contributed by atoms with Crippen LogP contribution in [0, 0.1) is 0 Å². The summed E-state index contributed by atoms with van der Waals surface area (Å²) in [6, 6.07) is 11.9. The maximum absolute atomic E-state index is 10.4. The second-order valence-corrected chi connectivity index (χ2v) is 4.73. The van der Waals surface area contributed by atoms with E-state index in [1.807, 2.05) is 50.4 Å². The van der Waals surface area contributed by atoms with Gasteiger partial charge in [-0.2, -0.15) is 0 Å². The third kappa shape index (κ3) is 2.47. The lowest BCUT2D eigenvalue weighted by Gasteiger charge is -2.23. The summed E-state index contributed by atoms with van der Waals surface area (Å²) < 4.78 is 5.20. The van der Waals surface area contributed by atoms with Gasteiger partial charge >= 0.3 is 0 Å². The summed E-state index contributed by atoms with van der Waals surface area (Å²) >= 11 is 0. The van der Waals surface area contributed by atoms with Crippen LogP contribution in [0.4, 0.5) is 0 Å². The Morgan fingerprint density at radius 3 is 2.50 bits per heavy atom. The van der Waals surface area contributed by atoms with E-state index in [2.05, 4.69) is 5.32 Å². The molecule has 3 heteroatoms. The zero-order chi connectivity index (χ0) is 13.2. The Kier molecular flexibility index (Phi) is 3.55. The summed E-state index contributed by atoms with van der Waals surface area (Å²) in [4.78, 5) is 0. The van der Waals surface area contributed by atoms with Gasteiger partial charge in [0.25, 0.3) is 0 Å². The Hall–Kier alpha value is -1.58. The van der Waals surface area contributed by atoms with E-state index in [0.29, 0.717) is 6.54 Å². The molecular weight excluding hydrogens is 226 g/mol. The number of ether oxygens (including phenoxy) is 1. The van der Waals surface area contributed by atoms with Crippen molar-refractivity contribution in [2.75, 3.05) is 20.7 Å². The normalized spacial score (nSPS) is 14.4. The highest BCUT2D eigenvalue weighted by atomic mass is 16.5. The largest absolute Gasteiger partial charge is 0.497 e. The summed E-state index contributed by atoms with van der Waals surface area (Å²) in [5.74, 6) is 0.845. The van der Waals surface area contributed by atoms with Crippen LogP contribution in [0.5, 0.6) is 5.75 Å². The lowest BCUT2D eigenvalue weighted by molar-refractivity contribution is 0.0593. The number of fused-ring (bicyclic) bond motifs is 1. The minimum Gasteiger partial charge on any atom is -0.497 e. The highest BCUT2D eigenvalue weighted by Gasteiger charge is 2.21. The predicted octanol–water partition coefficient (Wildman–Crippen LogP) is 2.28. The molecule has 0 aromatic heterocycles. The predicted molar refractivity (Wildman–Crippen MR) is 74.0 cm³/mol. The van der Waals surface area contributed by atoms with Crippen LogP contribution in [0.15, 0.2) is 36.4 Å². The molecule has 2 aromatic carbocycles. The quantitative estimate of drug-likeness (QED) is 0.868. The van der Waals surface area contributed by atoms with Crippen LogP contribution < -0.4 is 10.1 Å². The molecule has 2 N–H and O–H groups in total. The molecule has 0 saturated heterocycles. The first-order chi connectivity index (χ1) is 8.56. The van der Waals surface area contributed by atoms with Crippen molar-refractivity contribution in [3.63, 3.8) is 0 Å². The molecule has 18 heavy (non-hydrogen) atoms. The molecule has 0 spiro atoms. The first kappa shape index (κ1) is 12.9. The molecule has 0 aliphatic rings. The number of rotatable bonds is 4. The van der Waals surface area contributed by atoms with Gasteiger partial charge in [-0.15, -0.1) is 0 Å². The highest BCUT2D eigenvalue weighted by molar-refractivity contribution is 5.84. The van der Waals surface area contributed by atoms with Gasteiger partial charge in [0, 0.05) is 6.54 Å². The van der Waals surface area contributed by atoms with Crippen LogP contribution >= 0.6 is 0 Å². The first-order valence-corrected chi connectivity index (χ1v) is 6.02. The molecule has 0 bridgehead atoms. The Bertz CT molecular complexity index is 549. The van der Waals surface area contributed by atoms with Gasteiger partial charge in [-0.3, -0.25) is 0 Å². The molecule has 0 amide bonds. The van der Waals surface area contributed by atoms with E-state index in [1.165, 1.54) is 0 Å². The van der Waals surface area contributed by atoms with E-state index in [-0.39, 0.29) is 0 Å². The molecule has 3 nitrogen and oxygen atoms in total. The maximum atomic E-state index is 10.4. The summed E-state index contributed by atoms with van der Waals surface area (Å²) in [6.45, 7) is 2.34. The fourth-order valence-electron chi connectivity index (χ4n) is 2.13. The minimum absolute atomic E-state index is 0.522. The lowest BCUT2D eigenvalue weighted by atomic mass is 9.93. The van der Waals surface area contributed by atoms with Gasteiger partial charge in [-0.25, -0.2) is 0 Å². The maximum Gasteiger partial charge on any atom is 0.119 e. The standard InChI is InChI=1S/C15H19NO2/c1-15(17,10-16-2)13-6-4-12-9-14(18-3)7-5-11(12)8-13/h4-9,16-17H,10H2,1-3H3. The second-order valence-electron chi connectivity index (χ2n) is 4.73. The average molecular weight is 245 g/mol. The van der Waals surface area contributed by atoms with Gasteiger partial charge < -0.3 is 15.2 Å². The van der Waals surface area contributed by atoms with Gasteiger partial charge in [0.2, 0.25) is 0 Å². The molecule has 0 aliphatic heterocycles. The van der Waals surface area contributed by atoms with Crippen LogP contribution in [0.2, 0.25) is 0 Å². The molecule has 0 fully saturated rings. The van der Waals surface area contributed by atoms with Crippen molar-refractivity contribution in [3.05, 3.63) is 42.0 Å². The van der Waals surface area contributed by atoms with Crippen molar-refractivity contribution in [1.29, 1.82) is 0 Å². The van der Waals surface area contributed by atoms with Crippen LogP contribution in [0.1, 0.15) is 12.5 Å². The van der Waals surface area contributed by atoms with Crippen molar-refractivity contribution in [1.82, 2.24) is 5.32 Å². The van der Waals surface area contributed by atoms with E-state index in [9.17, 15) is 5.11 Å². The molecule has 0 saturated carbocycles. The molecule has 1 atom stereocenters. The zero-order valence-electron chi connectivity index (χ0n) is 11.0. The number of hydrogen-bond donors (Lipinski definition) is 2. The van der Waals surface area contributed by atoms with Crippen LogP contribution in [0.3, 0.4) is 0 Å². The molecule has 1 unspecified atom stereocenters. The van der Waals surface area contributed by atoms with E-state index in [4.69, 9.17) is 4.74 Å². The van der Waals surface area contributed by atoms with Crippen LogP contribution in [-0.2, 0) is 5.60 Å². The second kappa shape index (κ2) is 4.96. The monoisotopic (exact) mass is 245 g/mol. The van der Waals surface area contributed by atoms with Gasteiger partial charge in [0.05, 0.1) is 12.7 Å². The van der Waals surface area contributed by atoms with Crippen LogP contribution in [0.25, 0.3) is 10.8 Å². The Labute approximate surface area is 107 Å². The Morgan fingerprint density at radius 2 is 1.83 bits per heavy atom. The molecule has 2 aromatic rings. The number of hydrogen-bond acceptors (Lipinski definition) is 3. The third-order valence-electron chi connectivity index (χ3n) is 3.19. The smallest absolute Gasteiger partial charge is 0.119 e. The van der Waals surface area contributed by atoms with Gasteiger partial charge in [-0.05, 0) is 48.5 Å². The van der Waals surface area contributed by atoms with E-state index in [0.717, 1.165) is 22.1 Å². The zero-order valence-corrected chi connectivity index (χ0v) is 11.0. The summed E-state index contributed by atoms with van der Waals surface area (Å²) in [5.41, 5.74) is 0.0533. The Balaban J connectivity index is 2.45. The van der Waals surface area contributed by atoms with Gasteiger partial charge in [0.15, 0.2) is 0 Å². The number of likely N-dealkylation sites (N-methyl/N-ethyl adjacent to an activating group) is 1. The average Bonchev–Trinajstić information content (AvgIpc) is 2.37. The Morgan fingerprint density at radius 1 is 1.17 bits per heavy atom. The SMILES string of the molecule is CNCC(C)(O)c1ccc2cc(OC)ccc2c1. The van der Waals surface area contributed by atoms with Crippen LogP contribution in [-0.4, -0.2) is 25.8 Å². The summed E-state index contributed by atoms with van der Waals surface area (Å²) in [7, 11) is 3.49. The number of methoxy groups -OCH3 is 1. The molecule has 0 aliphatic carbocycles. The van der Waals surface area contributed by atoms with Crippen molar-refractivity contribution < 1.29 is 9.84 Å². The van der Waals surface area contributed by atoms with Crippen molar-refractivity contribution >= 4 is 10.8 Å². The summed E-state index contributed by atoms with van der Waals surface area (Å²) in [6.07, 6.45) is 0. The van der Waals surface area contributed by atoms with Gasteiger partial charge in [-0.1, -0.05) is 18.2 Å². The number of nitrogens with one attached hydrogen (secondary N) is 1. The van der Waals surface area contributed by atoms with E-state index < -0.39 is 5.60 Å². The molecule has 96 valence electrons. The third-order valence-corrected chi connectivity index (χ3v) is 3.19. The van der Waals surface area contributed by atoms with E-state index >= 15 is 0 Å². The molecule has 0 heterocycles. The fraction of sp³-hybridized carbons (Fsp3) is 0.333. The van der Waals surface area contributed by atoms with Crippen molar-refractivity contribution in [2.24, 2.45) is 0 Å². The van der Waals surface area contributed by atoms with Crippen molar-refractivity contribution in [3.8, 4) is 5.75 Å². The number of aliphatic hydroxyl groups is 1. The summed E-state index contributed by atoms with van der Waals surface area (Å²) in [5, 5.41) is 15.6. The minimum atomic E-state index is -0.858. The van der Waals surface area contributed by atoms with Crippen molar-refractivity contribution in [2.45, 2.75) is 12.5 Å². The molecule has 0 radical (unpaired) electrons. The fourth-order valence-corrected chi connectivity index (χ4v) is 2.13. The molecule has 2 rings (SSSR count). The molecular formula is C15H19NO2. The lowest BCUT2D eigenvalue weighted by Crippen LogP contribution is -2.33. The first-order valence-electron chi connectivity index (χ1n) is 6.02. The van der Waals surface area contributed by atoms with Gasteiger partial charge in [0.1, 0.15) is 5.75 Å².